The molecule has 0 aliphatic carbocycles. The number of fused-ring (bicyclic) bond motifs is 1. The lowest BCUT2D eigenvalue weighted by molar-refractivity contribution is -0.140. The van der Waals surface area contributed by atoms with E-state index >= 15 is 0 Å². The second kappa shape index (κ2) is 30.4. The fourth-order valence-electron chi connectivity index (χ4n) is 10.2. The Morgan fingerprint density at radius 3 is 2.18 bits per heavy atom. The summed E-state index contributed by atoms with van der Waals surface area (Å²) < 4.78 is 47.1. The van der Waals surface area contributed by atoms with Crippen molar-refractivity contribution >= 4 is 46.9 Å². The number of ether oxygens (including phenoxy) is 5. The number of nitrogens with zero attached hydrogens (tertiary/aromatic N) is 5. The van der Waals surface area contributed by atoms with Crippen molar-refractivity contribution in [1.29, 1.82) is 0 Å². The van der Waals surface area contributed by atoms with E-state index in [9.17, 15) is 48.5 Å². The number of nitrogens with one attached hydrogen (secondary N) is 3. The third-order valence-corrected chi connectivity index (χ3v) is 14.0. The monoisotopic (exact) mass is 1160 g/mol. The average molecular weight is 1160 g/mol. The number of imide groups is 2. The van der Waals surface area contributed by atoms with Gasteiger partial charge in [-0.2, -0.15) is 0 Å². The van der Waals surface area contributed by atoms with Crippen molar-refractivity contribution in [3.8, 4) is 28.1 Å². The number of carbonyl (C=O) groups is 6. The maximum Gasteiger partial charge on any atom is 0.305 e. The van der Waals surface area contributed by atoms with Gasteiger partial charge in [0.25, 0.3) is 17.7 Å². The van der Waals surface area contributed by atoms with Gasteiger partial charge in [0, 0.05) is 48.3 Å². The minimum atomic E-state index is -1.25. The molecule has 5 amide bonds. The van der Waals surface area contributed by atoms with Crippen molar-refractivity contribution in [2.75, 3.05) is 76.6 Å². The number of carboxylic acids is 1. The van der Waals surface area contributed by atoms with Crippen molar-refractivity contribution in [3.05, 3.63) is 137 Å². The molecule has 1 saturated heterocycles. The number of halogens is 1. The van der Waals surface area contributed by atoms with E-state index in [1.165, 1.54) is 12.1 Å². The summed E-state index contributed by atoms with van der Waals surface area (Å²) in [6.07, 6.45) is 0.354. The van der Waals surface area contributed by atoms with Gasteiger partial charge in [0.05, 0.1) is 113 Å². The molecule has 2 aromatic heterocycles. The summed E-state index contributed by atoms with van der Waals surface area (Å²) >= 11 is 0. The number of hydrogen-bond acceptors (Lipinski definition) is 16. The second-order valence-electron chi connectivity index (χ2n) is 20.6. The molecule has 0 spiro atoms. The highest BCUT2D eigenvalue weighted by atomic mass is 19.1. The lowest BCUT2D eigenvalue weighted by atomic mass is 9.94. The van der Waals surface area contributed by atoms with E-state index in [1.807, 2.05) is 67.1 Å². The third-order valence-electron chi connectivity index (χ3n) is 14.0. The Kier molecular flexibility index (Phi) is 22.4. The number of para-hydroxylation sites is 1. The molecule has 22 nitrogen and oxygen atoms in total. The number of carboxylic acid groups (broad SMARTS) is 1. The van der Waals surface area contributed by atoms with Crippen LogP contribution in [0.4, 0.5) is 15.8 Å². The fraction of sp³-hybridized carbons (Fsp3) is 0.410. The molecule has 4 aromatic carbocycles. The number of hydrogen-bond donors (Lipinski definition) is 6. The van der Waals surface area contributed by atoms with Crippen LogP contribution in [0, 0.1) is 5.82 Å². The number of piperidine rings is 1. The Hall–Kier alpha value is -8.19. The molecule has 446 valence electrons. The molecule has 6 N–H and O–H groups in total. The first-order valence-electron chi connectivity index (χ1n) is 28.1. The summed E-state index contributed by atoms with van der Waals surface area (Å²) in [7, 11) is 0. The van der Waals surface area contributed by atoms with Crippen LogP contribution < -0.4 is 20.7 Å². The van der Waals surface area contributed by atoms with E-state index in [0.29, 0.717) is 136 Å². The highest BCUT2D eigenvalue weighted by molar-refractivity contribution is 6.25. The van der Waals surface area contributed by atoms with Crippen molar-refractivity contribution in [1.82, 2.24) is 29.8 Å². The molecule has 8 rings (SSSR count). The number of benzene rings is 4. The van der Waals surface area contributed by atoms with Crippen LogP contribution in [0.5, 0.6) is 5.75 Å². The zero-order chi connectivity index (χ0) is 59.5. The smallest absolute Gasteiger partial charge is 0.305 e. The van der Waals surface area contributed by atoms with Gasteiger partial charge in [-0.1, -0.05) is 55.5 Å². The van der Waals surface area contributed by atoms with Gasteiger partial charge < -0.3 is 54.2 Å². The Balaban J connectivity index is 0.753. The fourth-order valence-corrected chi connectivity index (χ4v) is 10.2. The molecular formula is C61H71FN8O14. The van der Waals surface area contributed by atoms with Crippen molar-refractivity contribution in [2.24, 2.45) is 0 Å². The quantitative estimate of drug-likeness (QED) is 0.0186. The highest BCUT2D eigenvalue weighted by Gasteiger charge is 2.45. The normalized spacial score (nSPS) is 14.9. The maximum atomic E-state index is 14.7. The molecule has 3 unspecified atom stereocenters. The van der Waals surface area contributed by atoms with Crippen molar-refractivity contribution < 1.29 is 72.2 Å². The van der Waals surface area contributed by atoms with Crippen LogP contribution in [0.2, 0.25) is 0 Å². The molecule has 84 heavy (non-hydrogen) atoms. The van der Waals surface area contributed by atoms with Crippen LogP contribution in [0.3, 0.4) is 0 Å². The first-order chi connectivity index (χ1) is 40.7. The number of aliphatic carboxylic acids is 1. The van der Waals surface area contributed by atoms with Crippen molar-refractivity contribution in [3.63, 3.8) is 0 Å². The van der Waals surface area contributed by atoms with E-state index in [-0.39, 0.29) is 55.2 Å². The van der Waals surface area contributed by atoms with Crippen LogP contribution in [0.15, 0.2) is 103 Å². The summed E-state index contributed by atoms with van der Waals surface area (Å²) in [5.74, 6) is -3.91. The number of amides is 5. The largest absolute Gasteiger partial charge is 0.494 e. The molecule has 0 saturated carbocycles. The summed E-state index contributed by atoms with van der Waals surface area (Å²) in [6, 6.07) is 26.3. The van der Waals surface area contributed by atoms with Gasteiger partial charge >= 0.3 is 5.97 Å². The maximum absolute atomic E-state index is 14.7. The Labute approximate surface area is 485 Å². The van der Waals surface area contributed by atoms with Gasteiger partial charge in [-0.25, -0.2) is 9.07 Å². The number of aromatic nitrogens is 4. The Bertz CT molecular complexity index is 3220. The topological polar surface area (TPSA) is 284 Å². The van der Waals surface area contributed by atoms with Crippen LogP contribution in [-0.4, -0.2) is 160 Å². The van der Waals surface area contributed by atoms with E-state index in [0.717, 1.165) is 10.6 Å². The van der Waals surface area contributed by atoms with Crippen LogP contribution in [0.1, 0.15) is 101 Å². The van der Waals surface area contributed by atoms with E-state index in [2.05, 4.69) is 26.3 Å². The standard InChI is InChI=1S/C61H71FN8O14/c1-39(2)56-55(59(77)64-43-10-4-3-5-11-43)53(57(40-16-18-42(62)19-17-40)69(56)24-22-45(71)36-46(72)37-52(74)75)41-9-6-13-47(35-41)84-26-8-12-44-38-68(67-66-44)25-28-81-30-32-83-34-33-82-31-29-80-27-23-63-49-15-7-14-48-54(49)61(79)70(60(48)78)50-20-21-51(73)65-58(50)76/h3-7,9-11,13-19,35,38-39,45-46,50,63,71-72H,8,12,20-34,36-37H2,1-2H3,(H,64,77)(H,74,75)(H,65,73,76). The highest BCUT2D eigenvalue weighted by Crippen LogP contribution is 2.44. The summed E-state index contributed by atoms with van der Waals surface area (Å²) in [5, 5.41) is 47.5. The molecule has 1 fully saturated rings. The molecule has 0 bridgehead atoms. The van der Waals surface area contributed by atoms with Gasteiger partial charge in [0.2, 0.25) is 11.8 Å². The van der Waals surface area contributed by atoms with Gasteiger partial charge in [0.1, 0.15) is 17.6 Å². The summed E-state index contributed by atoms with van der Waals surface area (Å²) in [6.45, 7) is 8.17. The van der Waals surface area contributed by atoms with Gasteiger partial charge in [-0.15, -0.1) is 5.10 Å². The minimum Gasteiger partial charge on any atom is -0.494 e. The molecular weight excluding hydrogens is 1090 g/mol. The Morgan fingerprint density at radius 2 is 1.48 bits per heavy atom. The van der Waals surface area contributed by atoms with Crippen LogP contribution in [0.25, 0.3) is 22.4 Å². The molecule has 2 aliphatic heterocycles. The zero-order valence-electron chi connectivity index (χ0n) is 47.0. The van der Waals surface area contributed by atoms with Crippen LogP contribution >= 0.6 is 0 Å². The number of anilines is 2. The molecule has 23 heteroatoms. The number of aliphatic hydroxyl groups is 2. The minimum absolute atomic E-state index is 0.0440. The number of carbonyl (C=O) groups excluding carboxylic acids is 5. The molecule has 4 heterocycles. The number of aryl methyl sites for hydroxylation is 1. The predicted molar refractivity (Wildman–Crippen MR) is 306 cm³/mol. The van der Waals surface area contributed by atoms with Gasteiger partial charge in [-0.3, -0.25) is 39.0 Å². The number of rotatable bonds is 34. The van der Waals surface area contributed by atoms with Gasteiger partial charge in [0.15, 0.2) is 0 Å². The summed E-state index contributed by atoms with van der Waals surface area (Å²) in [4.78, 5) is 77.2. The van der Waals surface area contributed by atoms with E-state index < -0.39 is 60.1 Å². The molecule has 3 atom stereocenters. The first kappa shape index (κ1) is 61.9. The molecule has 0 radical (unpaired) electrons. The Morgan fingerprint density at radius 1 is 0.774 bits per heavy atom. The SMILES string of the molecule is CC(C)c1c(C(=O)Nc2ccccc2)c(-c2cccc(OCCCc3cn(CCOCCOCCOCCOCCNc4cccc5c4C(=O)N(C4CCC(=O)NC4=O)C5=O)nn3)c2)c(-c2ccc(F)cc2)n1CCC(O)CC(O)CC(=O)O. The average Bonchev–Trinajstić information content (AvgIpc) is 2.15. The lowest BCUT2D eigenvalue weighted by Gasteiger charge is -2.27. The van der Waals surface area contributed by atoms with Crippen molar-refractivity contribution in [2.45, 2.75) is 96.1 Å². The molecule has 2 aliphatic rings. The lowest BCUT2D eigenvalue weighted by Crippen LogP contribution is -2.54. The summed E-state index contributed by atoms with van der Waals surface area (Å²) in [5.41, 5.74) is 5.73. The first-order valence-corrected chi connectivity index (χ1v) is 28.1. The zero-order valence-corrected chi connectivity index (χ0v) is 47.0. The van der Waals surface area contributed by atoms with Gasteiger partial charge in [-0.05, 0) is 110 Å². The molecule has 6 aromatic rings. The predicted octanol–water partition coefficient (Wildman–Crippen LogP) is 6.50. The van der Waals surface area contributed by atoms with Crippen LogP contribution in [-0.2, 0) is 52.8 Å². The third kappa shape index (κ3) is 16.5. The second-order valence-corrected chi connectivity index (χ2v) is 20.6. The van der Waals surface area contributed by atoms with E-state index in [1.54, 1.807) is 47.1 Å². The number of aliphatic hydroxyl groups excluding tert-OH is 2. The van der Waals surface area contributed by atoms with E-state index in [4.69, 9.17) is 23.7 Å².